The third-order valence-corrected chi connectivity index (χ3v) is 5.14. The molecule has 7 nitrogen and oxygen atoms in total. The summed E-state index contributed by atoms with van der Waals surface area (Å²) < 4.78 is 18.6. The Kier molecular flexibility index (Phi) is 7.23. The van der Waals surface area contributed by atoms with E-state index in [1.807, 2.05) is 6.92 Å². The van der Waals surface area contributed by atoms with Gasteiger partial charge in [0.15, 0.2) is 0 Å². The summed E-state index contributed by atoms with van der Waals surface area (Å²) in [6, 6.07) is 12.1. The van der Waals surface area contributed by atoms with Crippen LogP contribution in [0.2, 0.25) is 0 Å². The van der Waals surface area contributed by atoms with E-state index in [9.17, 15) is 18.8 Å². The van der Waals surface area contributed by atoms with Gasteiger partial charge in [0.05, 0.1) is 12.3 Å². The molecule has 2 aromatic rings. The summed E-state index contributed by atoms with van der Waals surface area (Å²) in [6.07, 6.45) is 0.361. The van der Waals surface area contributed by atoms with Crippen molar-refractivity contribution in [2.75, 3.05) is 25.0 Å². The molecule has 1 fully saturated rings. The van der Waals surface area contributed by atoms with Crippen LogP contribution in [0.15, 0.2) is 48.5 Å². The monoisotopic (exact) mass is 427 g/mol. The Morgan fingerprint density at radius 3 is 2.45 bits per heavy atom. The largest absolute Gasteiger partial charge is 0.492 e. The van der Waals surface area contributed by atoms with Crippen LogP contribution in [0.5, 0.6) is 5.75 Å². The molecule has 1 saturated heterocycles. The molecule has 1 atom stereocenters. The van der Waals surface area contributed by atoms with Crippen LogP contribution >= 0.6 is 0 Å². The van der Waals surface area contributed by atoms with Gasteiger partial charge in [0.2, 0.25) is 5.91 Å². The third kappa shape index (κ3) is 5.20. The minimum atomic E-state index is -0.779. The van der Waals surface area contributed by atoms with Crippen LogP contribution in [0.25, 0.3) is 0 Å². The first-order valence-electron chi connectivity index (χ1n) is 10.3. The molecule has 3 amide bonds. The summed E-state index contributed by atoms with van der Waals surface area (Å²) in [4.78, 5) is 41.1. The smallest absolute Gasteiger partial charge is 0.312 e. The van der Waals surface area contributed by atoms with E-state index in [-0.39, 0.29) is 24.8 Å². The molecule has 1 aliphatic heterocycles. The quantitative estimate of drug-likeness (QED) is 0.657. The maximum Gasteiger partial charge on any atom is 0.312 e. The summed E-state index contributed by atoms with van der Waals surface area (Å²) in [6.45, 7) is 4.84. The Labute approximate surface area is 180 Å². The summed E-state index contributed by atoms with van der Waals surface area (Å²) in [5, 5.41) is 2.82. The molecule has 0 aromatic heterocycles. The van der Waals surface area contributed by atoms with Crippen molar-refractivity contribution in [2.45, 2.75) is 32.9 Å². The number of benzene rings is 2. The number of piperazine rings is 1. The molecule has 1 N–H and O–H groups in total. The van der Waals surface area contributed by atoms with E-state index in [1.54, 1.807) is 43.3 Å². The fraction of sp³-hybridized carbons (Fsp3) is 0.348. The highest BCUT2D eigenvalue weighted by Crippen LogP contribution is 2.25. The van der Waals surface area contributed by atoms with E-state index in [4.69, 9.17) is 4.74 Å². The van der Waals surface area contributed by atoms with Gasteiger partial charge in [-0.3, -0.25) is 14.4 Å². The highest BCUT2D eigenvalue weighted by Gasteiger charge is 2.38. The van der Waals surface area contributed by atoms with Gasteiger partial charge in [0.25, 0.3) is 0 Å². The lowest BCUT2D eigenvalue weighted by Gasteiger charge is -2.37. The zero-order valence-corrected chi connectivity index (χ0v) is 17.6. The highest BCUT2D eigenvalue weighted by molar-refractivity contribution is 6.35. The minimum Gasteiger partial charge on any atom is -0.492 e. The van der Waals surface area contributed by atoms with Gasteiger partial charge >= 0.3 is 11.8 Å². The number of ether oxygens (including phenoxy) is 1. The molecule has 8 heteroatoms. The Bertz CT molecular complexity index is 948. The number of para-hydroxylation sites is 2. The molecular formula is C23H26FN3O4. The average Bonchev–Trinajstić information content (AvgIpc) is 2.76. The van der Waals surface area contributed by atoms with Gasteiger partial charge in [-0.2, -0.15) is 0 Å². The maximum atomic E-state index is 13.1. The van der Waals surface area contributed by atoms with Gasteiger partial charge in [-0.1, -0.05) is 31.2 Å². The average molecular weight is 427 g/mol. The van der Waals surface area contributed by atoms with E-state index in [0.717, 1.165) is 5.56 Å². The summed E-state index contributed by atoms with van der Waals surface area (Å²) in [5.41, 5.74) is 1.25. The fourth-order valence-corrected chi connectivity index (χ4v) is 3.56. The van der Waals surface area contributed by atoms with Gasteiger partial charge in [-0.05, 0) is 43.2 Å². The molecule has 1 heterocycles. The second kappa shape index (κ2) is 10.1. The first-order chi connectivity index (χ1) is 14.9. The van der Waals surface area contributed by atoms with Crippen molar-refractivity contribution in [3.63, 3.8) is 0 Å². The minimum absolute atomic E-state index is 0.212. The standard InChI is InChI=1S/C23H26FN3O4/c1-3-19(21(28)25-18-7-5-6-8-20(18)31-4-2)27-14-13-26(22(29)23(27)30)15-16-9-11-17(24)12-10-16/h5-12,19H,3-4,13-15H2,1-2H3,(H,25,28)/t19-/m0/s1. The second-order valence-corrected chi connectivity index (χ2v) is 7.19. The van der Waals surface area contributed by atoms with Gasteiger partial charge in [-0.15, -0.1) is 0 Å². The number of hydrogen-bond acceptors (Lipinski definition) is 4. The zero-order chi connectivity index (χ0) is 22.4. The van der Waals surface area contributed by atoms with E-state index in [2.05, 4.69) is 5.32 Å². The molecule has 3 rings (SSSR count). The van der Waals surface area contributed by atoms with Crippen LogP contribution in [0.3, 0.4) is 0 Å². The maximum absolute atomic E-state index is 13.1. The molecule has 0 unspecified atom stereocenters. The van der Waals surface area contributed by atoms with E-state index < -0.39 is 17.9 Å². The Morgan fingerprint density at radius 2 is 1.77 bits per heavy atom. The molecule has 0 saturated carbocycles. The van der Waals surface area contributed by atoms with E-state index >= 15 is 0 Å². The number of carbonyl (C=O) groups excluding carboxylic acids is 3. The lowest BCUT2D eigenvalue weighted by Crippen LogP contribution is -2.59. The van der Waals surface area contributed by atoms with Crippen molar-refractivity contribution < 1.29 is 23.5 Å². The first kappa shape index (κ1) is 22.3. The van der Waals surface area contributed by atoms with Crippen LogP contribution in [0.1, 0.15) is 25.8 Å². The lowest BCUT2D eigenvalue weighted by molar-refractivity contribution is -0.159. The van der Waals surface area contributed by atoms with Crippen LogP contribution in [0.4, 0.5) is 10.1 Å². The van der Waals surface area contributed by atoms with Crippen LogP contribution in [0, 0.1) is 5.82 Å². The van der Waals surface area contributed by atoms with Crippen molar-refractivity contribution in [3.8, 4) is 5.75 Å². The van der Waals surface area contributed by atoms with E-state index in [1.165, 1.54) is 21.9 Å². The van der Waals surface area contributed by atoms with Crippen LogP contribution < -0.4 is 10.1 Å². The fourth-order valence-electron chi connectivity index (χ4n) is 3.56. The van der Waals surface area contributed by atoms with Crippen LogP contribution in [-0.2, 0) is 20.9 Å². The Balaban J connectivity index is 1.68. The first-order valence-corrected chi connectivity index (χ1v) is 10.3. The molecule has 2 aromatic carbocycles. The number of nitrogens with zero attached hydrogens (tertiary/aromatic N) is 2. The predicted octanol–water partition coefficient (Wildman–Crippen LogP) is 2.81. The molecular weight excluding hydrogens is 401 g/mol. The molecule has 31 heavy (non-hydrogen) atoms. The summed E-state index contributed by atoms with van der Waals surface area (Å²) in [5.74, 6) is -1.58. The van der Waals surface area contributed by atoms with Crippen molar-refractivity contribution in [1.29, 1.82) is 0 Å². The van der Waals surface area contributed by atoms with Gasteiger partial charge in [-0.25, -0.2) is 4.39 Å². The summed E-state index contributed by atoms with van der Waals surface area (Å²) in [7, 11) is 0. The number of anilines is 1. The lowest BCUT2D eigenvalue weighted by atomic mass is 10.1. The second-order valence-electron chi connectivity index (χ2n) is 7.19. The summed E-state index contributed by atoms with van der Waals surface area (Å²) >= 11 is 0. The Hall–Kier alpha value is -3.42. The van der Waals surface area contributed by atoms with Gasteiger partial charge in [0.1, 0.15) is 17.6 Å². The molecule has 164 valence electrons. The van der Waals surface area contributed by atoms with Crippen molar-refractivity contribution in [2.24, 2.45) is 0 Å². The molecule has 1 aliphatic rings. The number of nitrogens with one attached hydrogen (secondary N) is 1. The zero-order valence-electron chi connectivity index (χ0n) is 17.6. The number of hydrogen-bond donors (Lipinski definition) is 1. The normalized spacial score (nSPS) is 15.1. The van der Waals surface area contributed by atoms with Gasteiger partial charge in [0, 0.05) is 19.6 Å². The van der Waals surface area contributed by atoms with Crippen LogP contribution in [-0.4, -0.2) is 53.3 Å². The van der Waals surface area contributed by atoms with Gasteiger partial charge < -0.3 is 19.9 Å². The predicted molar refractivity (Wildman–Crippen MR) is 114 cm³/mol. The number of amides is 3. The van der Waals surface area contributed by atoms with Crippen molar-refractivity contribution in [1.82, 2.24) is 9.80 Å². The molecule has 0 aliphatic carbocycles. The molecule has 0 spiro atoms. The number of halogens is 1. The Morgan fingerprint density at radius 1 is 1.06 bits per heavy atom. The number of carbonyl (C=O) groups is 3. The van der Waals surface area contributed by atoms with E-state index in [0.29, 0.717) is 31.0 Å². The van der Waals surface area contributed by atoms with Crippen molar-refractivity contribution in [3.05, 3.63) is 59.9 Å². The topological polar surface area (TPSA) is 79.0 Å². The number of rotatable bonds is 8. The highest BCUT2D eigenvalue weighted by atomic mass is 19.1. The van der Waals surface area contributed by atoms with Crippen molar-refractivity contribution >= 4 is 23.4 Å². The third-order valence-electron chi connectivity index (χ3n) is 5.14. The SMILES string of the molecule is CCOc1ccccc1NC(=O)[C@H](CC)N1CCN(Cc2ccc(F)cc2)C(=O)C1=O. The molecule has 0 radical (unpaired) electrons. The molecule has 0 bridgehead atoms.